The molecule has 0 nitrogen and oxygen atoms in total. The first-order chi connectivity index (χ1) is 12.8. The standard InChI is InChI=1S/C22H24F6/c1-13(2)17-12-16(10-11-18(17)21(23,24)25)9-8-15(4)20-14(3)6-5-7-19(20)22(26,27)28/h5-7,10-13,15H,8-9H2,1-4H3. The van der Waals surface area contributed by atoms with Gasteiger partial charge in [0.25, 0.3) is 0 Å². The monoisotopic (exact) mass is 402 g/mol. The van der Waals surface area contributed by atoms with Crippen molar-refractivity contribution in [3.8, 4) is 0 Å². The van der Waals surface area contributed by atoms with Crippen LogP contribution in [0.2, 0.25) is 0 Å². The van der Waals surface area contributed by atoms with E-state index in [-0.39, 0.29) is 23.0 Å². The molecule has 6 heteroatoms. The third kappa shape index (κ3) is 5.09. The molecule has 0 radical (unpaired) electrons. The molecule has 154 valence electrons. The molecule has 0 saturated heterocycles. The molecule has 0 heterocycles. The van der Waals surface area contributed by atoms with E-state index in [1.807, 2.05) is 0 Å². The van der Waals surface area contributed by atoms with Crippen LogP contribution in [0.3, 0.4) is 0 Å². The maximum absolute atomic E-state index is 13.3. The Balaban J connectivity index is 2.27. The van der Waals surface area contributed by atoms with Gasteiger partial charge in [0.15, 0.2) is 0 Å². The van der Waals surface area contributed by atoms with Gasteiger partial charge in [-0.2, -0.15) is 26.3 Å². The largest absolute Gasteiger partial charge is 0.416 e. The van der Waals surface area contributed by atoms with Gasteiger partial charge in [-0.15, -0.1) is 0 Å². The first-order valence-electron chi connectivity index (χ1n) is 9.19. The normalized spacial score (nSPS) is 13.8. The highest BCUT2D eigenvalue weighted by Crippen LogP contribution is 2.39. The average molecular weight is 402 g/mol. The Hall–Kier alpha value is -1.98. The maximum Gasteiger partial charge on any atom is 0.416 e. The van der Waals surface area contributed by atoms with Crippen molar-refractivity contribution < 1.29 is 26.3 Å². The summed E-state index contributed by atoms with van der Waals surface area (Å²) in [5.74, 6) is -0.676. The smallest absolute Gasteiger partial charge is 0.166 e. The Morgan fingerprint density at radius 3 is 1.96 bits per heavy atom. The Kier molecular flexibility index (Phi) is 6.51. The minimum absolute atomic E-state index is 0.213. The average Bonchev–Trinajstić information content (AvgIpc) is 2.57. The van der Waals surface area contributed by atoms with E-state index in [4.69, 9.17) is 0 Å². The van der Waals surface area contributed by atoms with E-state index in [1.54, 1.807) is 33.8 Å². The zero-order valence-corrected chi connectivity index (χ0v) is 16.3. The molecule has 0 N–H and O–H groups in total. The molecule has 1 unspecified atom stereocenters. The fourth-order valence-corrected chi connectivity index (χ4v) is 3.61. The Morgan fingerprint density at radius 1 is 0.821 bits per heavy atom. The van der Waals surface area contributed by atoms with Crippen LogP contribution in [0.15, 0.2) is 36.4 Å². The third-order valence-electron chi connectivity index (χ3n) is 5.03. The van der Waals surface area contributed by atoms with Crippen LogP contribution in [0.1, 0.15) is 72.4 Å². The van der Waals surface area contributed by atoms with Crippen molar-refractivity contribution in [2.24, 2.45) is 0 Å². The Bertz CT molecular complexity index is 815. The lowest BCUT2D eigenvalue weighted by Crippen LogP contribution is -2.13. The van der Waals surface area contributed by atoms with E-state index < -0.39 is 23.5 Å². The van der Waals surface area contributed by atoms with Crippen molar-refractivity contribution in [1.29, 1.82) is 0 Å². The van der Waals surface area contributed by atoms with Gasteiger partial charge in [0, 0.05) is 0 Å². The highest BCUT2D eigenvalue weighted by molar-refractivity contribution is 5.40. The van der Waals surface area contributed by atoms with Crippen LogP contribution < -0.4 is 0 Å². The van der Waals surface area contributed by atoms with E-state index in [0.717, 1.165) is 12.1 Å². The fraction of sp³-hybridized carbons (Fsp3) is 0.455. The van der Waals surface area contributed by atoms with Gasteiger partial charge >= 0.3 is 12.4 Å². The topological polar surface area (TPSA) is 0 Å². The molecule has 0 aromatic heterocycles. The number of alkyl halides is 6. The quantitative estimate of drug-likeness (QED) is 0.446. The lowest BCUT2D eigenvalue weighted by atomic mass is 9.86. The van der Waals surface area contributed by atoms with E-state index in [1.165, 1.54) is 18.2 Å². The summed E-state index contributed by atoms with van der Waals surface area (Å²) in [5.41, 5.74) is 0.437. The second-order valence-corrected chi connectivity index (χ2v) is 7.55. The number of hydrogen-bond donors (Lipinski definition) is 0. The SMILES string of the molecule is Cc1cccc(C(F)(F)F)c1C(C)CCc1ccc(C(F)(F)F)c(C(C)C)c1. The van der Waals surface area contributed by atoms with Crippen molar-refractivity contribution in [3.63, 3.8) is 0 Å². The predicted molar refractivity (Wildman–Crippen MR) is 98.5 cm³/mol. The number of aryl methyl sites for hydroxylation is 2. The molecule has 28 heavy (non-hydrogen) atoms. The molecule has 2 rings (SSSR count). The molecule has 0 spiro atoms. The number of hydrogen-bond acceptors (Lipinski definition) is 0. The first-order valence-corrected chi connectivity index (χ1v) is 9.19. The summed E-state index contributed by atoms with van der Waals surface area (Å²) in [6.07, 6.45) is -8.04. The molecule has 0 saturated carbocycles. The predicted octanol–water partition coefficient (Wildman–Crippen LogP) is 7.89. The van der Waals surface area contributed by atoms with Crippen molar-refractivity contribution in [2.45, 2.75) is 64.7 Å². The van der Waals surface area contributed by atoms with E-state index in [0.29, 0.717) is 24.0 Å². The van der Waals surface area contributed by atoms with Gasteiger partial charge in [-0.1, -0.05) is 45.0 Å². The van der Waals surface area contributed by atoms with Gasteiger partial charge in [-0.25, -0.2) is 0 Å². The van der Waals surface area contributed by atoms with Gasteiger partial charge in [-0.3, -0.25) is 0 Å². The summed E-state index contributed by atoms with van der Waals surface area (Å²) in [7, 11) is 0. The summed E-state index contributed by atoms with van der Waals surface area (Å²) < 4.78 is 79.5. The van der Waals surface area contributed by atoms with Crippen molar-refractivity contribution in [3.05, 3.63) is 69.8 Å². The molecule has 0 aliphatic rings. The van der Waals surface area contributed by atoms with Crippen LogP contribution in [0.5, 0.6) is 0 Å². The molecule has 0 amide bonds. The number of halogens is 6. The van der Waals surface area contributed by atoms with Crippen LogP contribution in [-0.2, 0) is 18.8 Å². The van der Waals surface area contributed by atoms with Crippen LogP contribution in [-0.4, -0.2) is 0 Å². The molecular weight excluding hydrogens is 378 g/mol. The Morgan fingerprint density at radius 2 is 1.43 bits per heavy atom. The van der Waals surface area contributed by atoms with Crippen LogP contribution >= 0.6 is 0 Å². The molecule has 1 atom stereocenters. The lowest BCUT2D eigenvalue weighted by molar-refractivity contribution is -0.139. The molecule has 2 aromatic carbocycles. The number of benzene rings is 2. The zero-order valence-electron chi connectivity index (χ0n) is 16.3. The molecular formula is C22H24F6. The molecule has 2 aromatic rings. The summed E-state index contributed by atoms with van der Waals surface area (Å²) in [5, 5.41) is 0. The molecule has 0 bridgehead atoms. The van der Waals surface area contributed by atoms with Gasteiger partial charge in [0.1, 0.15) is 0 Å². The molecule has 0 aliphatic heterocycles. The van der Waals surface area contributed by atoms with Crippen LogP contribution in [0.25, 0.3) is 0 Å². The highest BCUT2D eigenvalue weighted by atomic mass is 19.4. The lowest BCUT2D eigenvalue weighted by Gasteiger charge is -2.21. The summed E-state index contributed by atoms with van der Waals surface area (Å²) in [6, 6.07) is 8.14. The third-order valence-corrected chi connectivity index (χ3v) is 5.03. The fourth-order valence-electron chi connectivity index (χ4n) is 3.61. The minimum atomic E-state index is -4.44. The highest BCUT2D eigenvalue weighted by Gasteiger charge is 2.35. The van der Waals surface area contributed by atoms with Crippen molar-refractivity contribution in [2.75, 3.05) is 0 Å². The molecule has 0 fully saturated rings. The second-order valence-electron chi connectivity index (χ2n) is 7.55. The minimum Gasteiger partial charge on any atom is -0.166 e. The first kappa shape index (κ1) is 22.3. The van der Waals surface area contributed by atoms with Crippen LogP contribution in [0.4, 0.5) is 26.3 Å². The van der Waals surface area contributed by atoms with Gasteiger partial charge < -0.3 is 0 Å². The van der Waals surface area contributed by atoms with Crippen LogP contribution in [0, 0.1) is 6.92 Å². The van der Waals surface area contributed by atoms with Gasteiger partial charge in [0.2, 0.25) is 0 Å². The summed E-state index contributed by atoms with van der Waals surface area (Å²) >= 11 is 0. The van der Waals surface area contributed by atoms with E-state index in [9.17, 15) is 26.3 Å². The maximum atomic E-state index is 13.3. The summed E-state index contributed by atoms with van der Waals surface area (Å²) in [4.78, 5) is 0. The second kappa shape index (κ2) is 8.18. The van der Waals surface area contributed by atoms with Crippen molar-refractivity contribution >= 4 is 0 Å². The molecule has 0 aliphatic carbocycles. The van der Waals surface area contributed by atoms with E-state index in [2.05, 4.69) is 0 Å². The zero-order chi connectivity index (χ0) is 21.3. The van der Waals surface area contributed by atoms with Crippen molar-refractivity contribution in [1.82, 2.24) is 0 Å². The van der Waals surface area contributed by atoms with E-state index >= 15 is 0 Å². The van der Waals surface area contributed by atoms with Gasteiger partial charge in [-0.05, 0) is 66.0 Å². The Labute approximate surface area is 161 Å². The number of rotatable bonds is 5. The van der Waals surface area contributed by atoms with Gasteiger partial charge in [0.05, 0.1) is 11.1 Å². The summed E-state index contributed by atoms with van der Waals surface area (Å²) in [6.45, 7) is 6.76.